The van der Waals surface area contributed by atoms with Crippen LogP contribution in [0.5, 0.6) is 5.75 Å². The van der Waals surface area contributed by atoms with Gasteiger partial charge in [0.05, 0.1) is 0 Å². The van der Waals surface area contributed by atoms with E-state index in [4.69, 9.17) is 5.11 Å². The summed E-state index contributed by atoms with van der Waals surface area (Å²) in [5, 5.41) is 18.3. The highest BCUT2D eigenvalue weighted by molar-refractivity contribution is 5.96. The number of amides is 2. The van der Waals surface area contributed by atoms with Crippen molar-refractivity contribution in [1.82, 2.24) is 4.90 Å². The Labute approximate surface area is 123 Å². The van der Waals surface area contributed by atoms with Crippen LogP contribution in [0.15, 0.2) is 24.3 Å². The van der Waals surface area contributed by atoms with Crippen LogP contribution in [0.3, 0.4) is 0 Å². The Balaban J connectivity index is 2.20. The molecule has 2 amide bonds. The molecule has 0 atom stereocenters. The van der Waals surface area contributed by atoms with Gasteiger partial charge in [-0.15, -0.1) is 0 Å². The first kappa shape index (κ1) is 15.2. The van der Waals surface area contributed by atoms with Gasteiger partial charge < -0.3 is 15.1 Å². The van der Waals surface area contributed by atoms with Crippen molar-refractivity contribution in [1.29, 1.82) is 0 Å². The maximum absolute atomic E-state index is 12.6. The van der Waals surface area contributed by atoms with Crippen LogP contribution < -0.4 is 4.90 Å². The lowest BCUT2D eigenvalue weighted by Gasteiger charge is -2.31. The van der Waals surface area contributed by atoms with Gasteiger partial charge in [0, 0.05) is 18.8 Å². The van der Waals surface area contributed by atoms with E-state index < -0.39 is 12.5 Å². The largest absolute Gasteiger partial charge is 0.508 e. The number of aromatic hydroxyl groups is 1. The summed E-state index contributed by atoms with van der Waals surface area (Å²) >= 11 is 0. The lowest BCUT2D eigenvalue weighted by atomic mass is 10.2. The van der Waals surface area contributed by atoms with E-state index >= 15 is 0 Å². The van der Waals surface area contributed by atoms with Gasteiger partial charge >= 0.3 is 12.0 Å². The predicted molar refractivity (Wildman–Crippen MR) is 78.5 cm³/mol. The van der Waals surface area contributed by atoms with Crippen molar-refractivity contribution in [3.05, 3.63) is 24.3 Å². The SMILES string of the molecule is CN(C(=O)N(CC(=O)O)c1ccc(O)cc1)C1CCCC1. The van der Waals surface area contributed by atoms with Crippen LogP contribution in [0.1, 0.15) is 25.7 Å². The van der Waals surface area contributed by atoms with Crippen molar-refractivity contribution in [2.24, 2.45) is 0 Å². The molecule has 1 aliphatic carbocycles. The lowest BCUT2D eigenvalue weighted by Crippen LogP contribution is -2.47. The Kier molecular flexibility index (Phi) is 4.67. The number of carboxylic acids is 1. The molecule has 114 valence electrons. The molecule has 1 aromatic rings. The standard InChI is InChI=1S/C15H20N2O4/c1-16(11-4-2-3-5-11)15(21)17(10-14(19)20)12-6-8-13(18)9-7-12/h6-9,11,18H,2-5,10H2,1H3,(H,19,20). The number of urea groups is 1. The minimum Gasteiger partial charge on any atom is -0.508 e. The average molecular weight is 292 g/mol. The molecule has 0 aliphatic heterocycles. The minimum atomic E-state index is -1.07. The number of rotatable bonds is 4. The number of anilines is 1. The van der Waals surface area contributed by atoms with Crippen molar-refractivity contribution < 1.29 is 19.8 Å². The van der Waals surface area contributed by atoms with Crippen molar-refractivity contribution in [3.63, 3.8) is 0 Å². The molecule has 0 radical (unpaired) electrons. The van der Waals surface area contributed by atoms with E-state index in [1.54, 1.807) is 24.1 Å². The lowest BCUT2D eigenvalue weighted by molar-refractivity contribution is -0.135. The Morgan fingerprint density at radius 2 is 1.76 bits per heavy atom. The number of benzene rings is 1. The molecule has 0 bridgehead atoms. The Bertz CT molecular complexity index is 509. The van der Waals surface area contributed by atoms with Crippen LogP contribution in [0, 0.1) is 0 Å². The summed E-state index contributed by atoms with van der Waals surface area (Å²) in [5.41, 5.74) is 0.463. The van der Waals surface area contributed by atoms with Crippen LogP contribution in [0.25, 0.3) is 0 Å². The number of phenolic OH excluding ortho intramolecular Hbond substituents is 1. The van der Waals surface area contributed by atoms with Crippen LogP contribution in [-0.4, -0.2) is 46.7 Å². The number of carboxylic acid groups (broad SMARTS) is 1. The molecule has 6 heteroatoms. The fraction of sp³-hybridized carbons (Fsp3) is 0.467. The van der Waals surface area contributed by atoms with Gasteiger partial charge in [0.15, 0.2) is 0 Å². The summed E-state index contributed by atoms with van der Waals surface area (Å²) in [6.07, 6.45) is 4.11. The number of phenols is 1. The number of carbonyl (C=O) groups is 2. The van der Waals surface area contributed by atoms with E-state index in [9.17, 15) is 14.7 Å². The highest BCUT2D eigenvalue weighted by Crippen LogP contribution is 2.25. The van der Waals surface area contributed by atoms with Crippen molar-refractivity contribution >= 4 is 17.7 Å². The molecule has 1 fully saturated rings. The Morgan fingerprint density at radius 1 is 1.19 bits per heavy atom. The highest BCUT2D eigenvalue weighted by Gasteiger charge is 2.28. The molecule has 0 spiro atoms. The summed E-state index contributed by atoms with van der Waals surface area (Å²) in [6.45, 7) is -0.402. The molecular formula is C15H20N2O4. The number of nitrogens with zero attached hydrogens (tertiary/aromatic N) is 2. The molecule has 0 saturated heterocycles. The number of hydrogen-bond donors (Lipinski definition) is 2. The quantitative estimate of drug-likeness (QED) is 0.892. The molecule has 1 aromatic carbocycles. The smallest absolute Gasteiger partial charge is 0.325 e. The first-order valence-electron chi connectivity index (χ1n) is 7.04. The molecule has 0 aromatic heterocycles. The normalized spacial score (nSPS) is 14.9. The van der Waals surface area contributed by atoms with Crippen LogP contribution in [-0.2, 0) is 4.79 Å². The van der Waals surface area contributed by atoms with Crippen molar-refractivity contribution in [2.45, 2.75) is 31.7 Å². The molecular weight excluding hydrogens is 272 g/mol. The van der Waals surface area contributed by atoms with Crippen LogP contribution >= 0.6 is 0 Å². The van der Waals surface area contributed by atoms with Gasteiger partial charge in [-0.25, -0.2) is 4.79 Å². The molecule has 2 N–H and O–H groups in total. The van der Waals surface area contributed by atoms with E-state index in [-0.39, 0.29) is 17.8 Å². The fourth-order valence-corrected chi connectivity index (χ4v) is 2.68. The first-order valence-corrected chi connectivity index (χ1v) is 7.04. The Hall–Kier alpha value is -2.24. The third kappa shape index (κ3) is 3.65. The Morgan fingerprint density at radius 3 is 2.29 bits per heavy atom. The van der Waals surface area contributed by atoms with Crippen LogP contribution in [0.2, 0.25) is 0 Å². The third-order valence-electron chi connectivity index (χ3n) is 3.86. The predicted octanol–water partition coefficient (Wildman–Crippen LogP) is 2.28. The molecule has 2 rings (SSSR count). The molecule has 0 unspecified atom stereocenters. The number of hydrogen-bond acceptors (Lipinski definition) is 3. The van der Waals surface area contributed by atoms with Crippen LogP contribution in [0.4, 0.5) is 10.5 Å². The summed E-state index contributed by atoms with van der Waals surface area (Å²) in [7, 11) is 1.72. The zero-order chi connectivity index (χ0) is 15.4. The highest BCUT2D eigenvalue weighted by atomic mass is 16.4. The van der Waals surface area contributed by atoms with E-state index in [0.717, 1.165) is 25.7 Å². The minimum absolute atomic E-state index is 0.0746. The second-order valence-corrected chi connectivity index (χ2v) is 5.33. The summed E-state index contributed by atoms with van der Waals surface area (Å²) in [5.74, 6) is -0.998. The van der Waals surface area contributed by atoms with Crippen molar-refractivity contribution in [3.8, 4) is 5.75 Å². The summed E-state index contributed by atoms with van der Waals surface area (Å²) in [4.78, 5) is 26.5. The molecule has 1 saturated carbocycles. The second kappa shape index (κ2) is 6.47. The van der Waals surface area contributed by atoms with Gasteiger partial charge in [-0.2, -0.15) is 0 Å². The van der Waals surface area contributed by atoms with E-state index in [1.165, 1.54) is 17.0 Å². The molecule has 6 nitrogen and oxygen atoms in total. The third-order valence-corrected chi connectivity index (χ3v) is 3.86. The topological polar surface area (TPSA) is 81.1 Å². The summed E-state index contributed by atoms with van der Waals surface area (Å²) < 4.78 is 0. The maximum Gasteiger partial charge on any atom is 0.325 e. The molecule has 1 aliphatic rings. The van der Waals surface area contributed by atoms with Gasteiger partial charge in [-0.1, -0.05) is 12.8 Å². The van der Waals surface area contributed by atoms with Gasteiger partial charge in [0.25, 0.3) is 0 Å². The summed E-state index contributed by atoms with van der Waals surface area (Å²) in [6, 6.07) is 5.80. The van der Waals surface area contributed by atoms with Gasteiger partial charge in [0.2, 0.25) is 0 Å². The maximum atomic E-state index is 12.6. The van der Waals surface area contributed by atoms with Gasteiger partial charge in [-0.05, 0) is 37.1 Å². The fourth-order valence-electron chi connectivity index (χ4n) is 2.68. The molecule has 0 heterocycles. The zero-order valence-corrected chi connectivity index (χ0v) is 12.0. The van der Waals surface area contributed by atoms with E-state index in [0.29, 0.717) is 5.69 Å². The second-order valence-electron chi connectivity index (χ2n) is 5.33. The van der Waals surface area contributed by atoms with Crippen molar-refractivity contribution in [2.75, 3.05) is 18.5 Å². The zero-order valence-electron chi connectivity index (χ0n) is 12.0. The number of carbonyl (C=O) groups excluding carboxylic acids is 1. The number of aliphatic carboxylic acids is 1. The van der Waals surface area contributed by atoms with Gasteiger partial charge in [-0.3, -0.25) is 9.69 Å². The van der Waals surface area contributed by atoms with Gasteiger partial charge in [0.1, 0.15) is 12.3 Å². The average Bonchev–Trinajstić information content (AvgIpc) is 2.98. The van der Waals surface area contributed by atoms with E-state index in [2.05, 4.69) is 0 Å². The monoisotopic (exact) mass is 292 g/mol. The molecule has 21 heavy (non-hydrogen) atoms. The first-order chi connectivity index (χ1) is 9.99. The van der Waals surface area contributed by atoms with E-state index in [1.807, 2.05) is 0 Å².